The first-order chi connectivity index (χ1) is 28.2. The van der Waals surface area contributed by atoms with Crippen LogP contribution in [0.5, 0.6) is 11.8 Å². The van der Waals surface area contributed by atoms with Gasteiger partial charge in [-0.15, -0.1) is 5.54 Å². The highest BCUT2D eigenvalue weighted by atomic mass is 35.5. The van der Waals surface area contributed by atoms with Crippen LogP contribution in [-0.4, -0.2) is 74.2 Å². The number of hydrogen-bond donors (Lipinski definition) is 2. The van der Waals surface area contributed by atoms with Crippen LogP contribution in [0.2, 0.25) is 21.6 Å². The molecule has 0 aliphatic carbocycles. The molecule has 8 rings (SSSR count). The number of rotatable bonds is 10. The molecule has 0 spiro atoms. The average molecular weight is 838 g/mol. The minimum atomic E-state index is -2.34. The lowest BCUT2D eigenvalue weighted by molar-refractivity contribution is 0.107. The van der Waals surface area contributed by atoms with E-state index in [1.54, 1.807) is 35.3 Å². The van der Waals surface area contributed by atoms with Crippen molar-refractivity contribution in [1.29, 1.82) is 0 Å². The number of aromatic hydroxyl groups is 1. The number of phenolic OH excluding ortho intramolecular Hbond substituents is 1. The molecule has 306 valence electrons. The molecule has 2 N–H and O–H groups in total. The zero-order chi connectivity index (χ0) is 41.8. The number of nitrogens with one attached hydrogen (secondary N) is 1. The maximum atomic E-state index is 17.4. The molecule has 3 aromatic carbocycles. The van der Waals surface area contributed by atoms with E-state index in [1.807, 2.05) is 12.1 Å². The van der Waals surface area contributed by atoms with Crippen molar-refractivity contribution in [2.75, 3.05) is 25.0 Å². The molecule has 2 aliphatic heterocycles. The number of ether oxygens (including phenoxy) is 1. The van der Waals surface area contributed by atoms with E-state index in [-0.39, 0.29) is 68.5 Å². The molecular formula is C45H47ClF3N7O2Si. The van der Waals surface area contributed by atoms with Gasteiger partial charge in [0, 0.05) is 35.1 Å². The number of nitrogens with zero attached hydrogens (tertiary/aromatic N) is 6. The number of fused-ring (bicyclic) bond motifs is 3. The first-order valence-electron chi connectivity index (χ1n) is 20.1. The van der Waals surface area contributed by atoms with Gasteiger partial charge in [-0.05, 0) is 77.8 Å². The van der Waals surface area contributed by atoms with Gasteiger partial charge in [-0.3, -0.25) is 4.90 Å². The van der Waals surface area contributed by atoms with Gasteiger partial charge in [-0.25, -0.2) is 27.8 Å². The highest BCUT2D eigenvalue weighted by molar-refractivity contribution is 6.90. The lowest BCUT2D eigenvalue weighted by Gasteiger charge is -2.38. The van der Waals surface area contributed by atoms with Crippen LogP contribution < -0.4 is 10.1 Å². The van der Waals surface area contributed by atoms with Crippen molar-refractivity contribution in [3.05, 3.63) is 89.3 Å². The Kier molecular flexibility index (Phi) is 10.9. The number of pyridine rings is 1. The maximum Gasteiger partial charge on any atom is 0.317 e. The normalized spacial score (nSPS) is 18.3. The number of halogens is 4. The molecule has 9 nitrogen and oxygen atoms in total. The summed E-state index contributed by atoms with van der Waals surface area (Å²) in [5.74, 6) is 1.89. The second kappa shape index (κ2) is 15.8. The van der Waals surface area contributed by atoms with Crippen molar-refractivity contribution in [3.8, 4) is 40.2 Å². The first-order valence-corrected chi connectivity index (χ1v) is 22.7. The van der Waals surface area contributed by atoms with Gasteiger partial charge in [-0.2, -0.15) is 10.1 Å². The Morgan fingerprint density at radius 1 is 1.03 bits per heavy atom. The lowest BCUT2D eigenvalue weighted by Crippen LogP contribution is -2.43. The van der Waals surface area contributed by atoms with Crippen molar-refractivity contribution >= 4 is 52.9 Å². The summed E-state index contributed by atoms with van der Waals surface area (Å²) in [6.07, 6.45) is 5.86. The number of anilines is 2. The fourth-order valence-electron chi connectivity index (χ4n) is 9.65. The predicted molar refractivity (Wildman–Crippen MR) is 230 cm³/mol. The molecule has 2 aliphatic rings. The molecule has 14 heteroatoms. The number of alkyl halides is 1. The van der Waals surface area contributed by atoms with Crippen molar-refractivity contribution < 1.29 is 23.0 Å². The standard InChI is InChI=1S/C45H47ClF3N7O2Si/c1-26(2)59(27(3)4,28(5)6)16-13-35-38(48)12-11-29-17-34(57)19-36(39(29)35)41-40(49)42-37(22-50-44(54-42)58-25-45-14-8-15-55(45)23-31(47)20-45)43(53-41)52-32-21-51-56(24-32)33-10-7-9-30(46)18-33/h7,9-12,17-19,21-22,24,26-28,31,57H,8,14-15,20,23,25H2,1-6H3,(H,52,53)/t31-,45+/m1/s1. The maximum absolute atomic E-state index is 17.4. The van der Waals surface area contributed by atoms with Crippen LogP contribution >= 0.6 is 11.6 Å². The van der Waals surface area contributed by atoms with Crippen LogP contribution in [0.1, 0.15) is 66.4 Å². The van der Waals surface area contributed by atoms with E-state index in [2.05, 4.69) is 78.3 Å². The van der Waals surface area contributed by atoms with Gasteiger partial charge >= 0.3 is 6.01 Å². The predicted octanol–water partition coefficient (Wildman–Crippen LogP) is 10.9. The van der Waals surface area contributed by atoms with E-state index >= 15 is 8.78 Å². The van der Waals surface area contributed by atoms with Gasteiger partial charge in [0.2, 0.25) is 0 Å². The van der Waals surface area contributed by atoms with Gasteiger partial charge in [0.05, 0.1) is 40.3 Å². The molecule has 2 atom stereocenters. The van der Waals surface area contributed by atoms with E-state index in [9.17, 15) is 9.50 Å². The molecule has 0 saturated carbocycles. The quantitative estimate of drug-likeness (QED) is 0.104. The fourth-order valence-corrected chi connectivity index (χ4v) is 15.0. The van der Waals surface area contributed by atoms with E-state index < -0.39 is 31.4 Å². The van der Waals surface area contributed by atoms with Crippen LogP contribution in [-0.2, 0) is 0 Å². The Morgan fingerprint density at radius 2 is 1.81 bits per heavy atom. The Bertz CT molecular complexity index is 2620. The first kappa shape index (κ1) is 40.6. The third kappa shape index (κ3) is 7.40. The smallest absolute Gasteiger partial charge is 0.317 e. The summed E-state index contributed by atoms with van der Waals surface area (Å²) in [4.78, 5) is 16.0. The van der Waals surface area contributed by atoms with Crippen LogP contribution in [0.25, 0.3) is 38.6 Å². The molecule has 0 bridgehead atoms. The number of aromatic nitrogens is 5. The van der Waals surface area contributed by atoms with Crippen LogP contribution in [0.15, 0.2) is 67.1 Å². The van der Waals surface area contributed by atoms with E-state index in [0.29, 0.717) is 34.4 Å². The van der Waals surface area contributed by atoms with Gasteiger partial charge in [-0.1, -0.05) is 71.2 Å². The molecule has 0 amide bonds. The third-order valence-corrected chi connectivity index (χ3v) is 18.9. The highest BCUT2D eigenvalue weighted by Crippen LogP contribution is 2.44. The molecular weight excluding hydrogens is 791 g/mol. The Balaban J connectivity index is 1.30. The topological polar surface area (TPSA) is 101 Å². The second-order valence-corrected chi connectivity index (χ2v) is 22.9. The fraction of sp³-hybridized carbons (Fsp3) is 0.378. The van der Waals surface area contributed by atoms with E-state index in [4.69, 9.17) is 21.3 Å². The SMILES string of the molecule is CC(C)[Si](C#Cc1c(F)ccc2cc(O)cc(-c3nc(Nc4cnn(-c5cccc(Cl)c5)c4)c4cnc(OC[C@@]56CCCN5C[C@H](F)C6)nc4c3F)c12)(C(C)C)C(C)C. The summed E-state index contributed by atoms with van der Waals surface area (Å²) in [5.41, 5.74) is 5.15. The molecule has 2 fully saturated rings. The van der Waals surface area contributed by atoms with Gasteiger partial charge in [0.1, 0.15) is 49.4 Å². The van der Waals surface area contributed by atoms with Crippen molar-refractivity contribution in [2.24, 2.45) is 0 Å². The molecule has 59 heavy (non-hydrogen) atoms. The zero-order valence-corrected chi connectivity index (χ0v) is 35.7. The Hall–Kier alpha value is -5.16. The van der Waals surface area contributed by atoms with Crippen LogP contribution in [0.4, 0.5) is 24.7 Å². The van der Waals surface area contributed by atoms with E-state index in [0.717, 1.165) is 25.1 Å². The molecule has 0 radical (unpaired) electrons. The summed E-state index contributed by atoms with van der Waals surface area (Å²) in [6, 6.07) is 12.9. The van der Waals surface area contributed by atoms with Crippen LogP contribution in [0.3, 0.4) is 0 Å². The van der Waals surface area contributed by atoms with Crippen molar-refractivity contribution in [2.45, 2.75) is 89.1 Å². The largest absolute Gasteiger partial charge is 0.508 e. The number of hydrogen-bond acceptors (Lipinski definition) is 8. The molecule has 6 aromatic rings. The monoisotopic (exact) mass is 837 g/mol. The van der Waals surface area contributed by atoms with Crippen molar-refractivity contribution in [3.63, 3.8) is 0 Å². The van der Waals surface area contributed by atoms with E-state index in [1.165, 1.54) is 24.4 Å². The average Bonchev–Trinajstić information content (AvgIpc) is 3.90. The molecule has 2 saturated heterocycles. The second-order valence-electron chi connectivity index (χ2n) is 16.8. The molecule has 3 aromatic heterocycles. The summed E-state index contributed by atoms with van der Waals surface area (Å²) in [6.45, 7) is 14.4. The highest BCUT2D eigenvalue weighted by Gasteiger charge is 2.49. The summed E-state index contributed by atoms with van der Waals surface area (Å²) in [7, 11) is -2.34. The minimum absolute atomic E-state index is 0.0764. The summed E-state index contributed by atoms with van der Waals surface area (Å²) in [5, 5.41) is 20.4. The number of benzene rings is 3. The molecule has 0 unspecified atom stereocenters. The summed E-state index contributed by atoms with van der Waals surface area (Å²) >= 11 is 6.26. The molecule has 5 heterocycles. The third-order valence-electron chi connectivity index (χ3n) is 12.4. The lowest BCUT2D eigenvalue weighted by atomic mass is 9.95. The van der Waals surface area contributed by atoms with Crippen LogP contribution in [0, 0.1) is 23.1 Å². The van der Waals surface area contributed by atoms with Gasteiger partial charge < -0.3 is 15.2 Å². The van der Waals surface area contributed by atoms with Crippen molar-refractivity contribution in [1.82, 2.24) is 29.6 Å². The van der Waals surface area contributed by atoms with Gasteiger partial charge in [0.15, 0.2) is 5.82 Å². The summed E-state index contributed by atoms with van der Waals surface area (Å²) < 4.78 is 55.9. The Morgan fingerprint density at radius 3 is 2.56 bits per heavy atom. The van der Waals surface area contributed by atoms with Gasteiger partial charge in [0.25, 0.3) is 0 Å². The Labute approximate surface area is 348 Å². The number of phenols is 1. The minimum Gasteiger partial charge on any atom is -0.508 e. The zero-order valence-electron chi connectivity index (χ0n) is 34.0.